The number of hydrogen-bond acceptors (Lipinski definition) is 11. The summed E-state index contributed by atoms with van der Waals surface area (Å²) in [4.78, 5) is 39.8. The smallest absolute Gasteiger partial charge is 0.202 e. The lowest BCUT2D eigenvalue weighted by molar-refractivity contribution is -0.223. The molecule has 0 amide bonds. The van der Waals surface area contributed by atoms with Crippen molar-refractivity contribution in [2.75, 3.05) is 13.7 Å². The first-order chi connectivity index (χ1) is 18.0. The van der Waals surface area contributed by atoms with E-state index in [9.17, 15) is 34.8 Å². The Hall–Kier alpha value is -3.35. The molecule has 38 heavy (non-hydrogen) atoms. The summed E-state index contributed by atoms with van der Waals surface area (Å²) in [5.74, 6) is -2.91. The molecule has 6 N–H and O–H groups in total. The Balaban J connectivity index is 1.43. The minimum Gasteiger partial charge on any atom is -0.507 e. The van der Waals surface area contributed by atoms with E-state index in [0.717, 1.165) is 0 Å². The quantitative estimate of drug-likeness (QED) is 0.291. The third-order valence-corrected chi connectivity index (χ3v) is 7.76. The molecule has 5 atom stereocenters. The maximum absolute atomic E-state index is 13.4. The first kappa shape index (κ1) is 26.3. The standard InChI is InChI=1S/C27H29NO10/c1-11-22(30)15(28)8-18(38-11)37-10-17(29)27(35)7-6-12-14(9-27)25(33)20-21(23(12)31)26(34)19-13(24(20)32)4-3-5-16(19)36-2/h3-5,11,15,18,22,30-31,33,35H,6-10,28H2,1-2H3. The lowest BCUT2D eigenvalue weighted by atomic mass is 9.73. The van der Waals surface area contributed by atoms with Crippen molar-refractivity contribution in [2.24, 2.45) is 5.73 Å². The van der Waals surface area contributed by atoms with Crippen molar-refractivity contribution in [3.05, 3.63) is 51.6 Å². The number of aromatic hydroxyl groups is 2. The Morgan fingerprint density at radius 3 is 2.50 bits per heavy atom. The van der Waals surface area contributed by atoms with E-state index in [-0.39, 0.29) is 58.4 Å². The second-order valence-corrected chi connectivity index (χ2v) is 10.0. The van der Waals surface area contributed by atoms with Gasteiger partial charge in [-0.2, -0.15) is 0 Å². The topological polar surface area (TPSA) is 186 Å². The van der Waals surface area contributed by atoms with Crippen molar-refractivity contribution in [2.45, 2.75) is 62.7 Å². The Bertz CT molecular complexity index is 1340. The van der Waals surface area contributed by atoms with Crippen molar-refractivity contribution in [3.63, 3.8) is 0 Å². The van der Waals surface area contributed by atoms with Gasteiger partial charge in [-0.25, -0.2) is 0 Å². The number of phenols is 2. The molecule has 1 saturated heterocycles. The maximum atomic E-state index is 13.4. The number of carbonyl (C=O) groups excluding carboxylic acids is 3. The van der Waals surface area contributed by atoms with Crippen molar-refractivity contribution in [1.82, 2.24) is 0 Å². The number of ether oxygens (including phenoxy) is 3. The van der Waals surface area contributed by atoms with Crippen LogP contribution in [0.4, 0.5) is 0 Å². The average molecular weight is 528 g/mol. The third-order valence-electron chi connectivity index (χ3n) is 7.76. The molecule has 5 rings (SSSR count). The number of methoxy groups -OCH3 is 1. The number of aliphatic hydroxyl groups excluding tert-OH is 1. The number of carbonyl (C=O) groups is 3. The lowest BCUT2D eigenvalue weighted by Gasteiger charge is -2.37. The minimum atomic E-state index is -1.96. The van der Waals surface area contributed by atoms with E-state index in [2.05, 4.69) is 0 Å². The highest BCUT2D eigenvalue weighted by molar-refractivity contribution is 6.31. The fourth-order valence-corrected chi connectivity index (χ4v) is 5.56. The van der Waals surface area contributed by atoms with Crippen LogP contribution in [-0.4, -0.2) is 81.6 Å². The summed E-state index contributed by atoms with van der Waals surface area (Å²) in [5.41, 5.74) is 3.42. The van der Waals surface area contributed by atoms with Gasteiger partial charge in [0.05, 0.1) is 36.0 Å². The van der Waals surface area contributed by atoms with Crippen LogP contribution in [0.5, 0.6) is 17.2 Å². The van der Waals surface area contributed by atoms with Crippen LogP contribution in [0.3, 0.4) is 0 Å². The second-order valence-electron chi connectivity index (χ2n) is 10.0. The molecule has 2 aliphatic carbocycles. The first-order valence-corrected chi connectivity index (χ1v) is 12.3. The molecule has 0 aromatic heterocycles. The van der Waals surface area contributed by atoms with Crippen LogP contribution < -0.4 is 10.5 Å². The van der Waals surface area contributed by atoms with Crippen molar-refractivity contribution < 1.29 is 49.0 Å². The van der Waals surface area contributed by atoms with Crippen LogP contribution in [-0.2, 0) is 27.1 Å². The van der Waals surface area contributed by atoms with Crippen LogP contribution in [0.1, 0.15) is 62.7 Å². The van der Waals surface area contributed by atoms with E-state index >= 15 is 0 Å². The number of phenolic OH excluding ortho intramolecular Hbond substituents is 2. The lowest BCUT2D eigenvalue weighted by Crippen LogP contribution is -2.52. The van der Waals surface area contributed by atoms with Gasteiger partial charge < -0.3 is 40.4 Å². The molecule has 1 heterocycles. The van der Waals surface area contributed by atoms with Crippen molar-refractivity contribution >= 4 is 17.3 Å². The number of ketones is 3. The van der Waals surface area contributed by atoms with E-state index in [0.29, 0.717) is 0 Å². The van der Waals surface area contributed by atoms with Crippen LogP contribution >= 0.6 is 0 Å². The van der Waals surface area contributed by atoms with Crippen LogP contribution in [0.15, 0.2) is 18.2 Å². The summed E-state index contributed by atoms with van der Waals surface area (Å²) in [5, 5.41) is 43.4. The Kier molecular flexibility index (Phi) is 6.52. The number of rotatable bonds is 5. The van der Waals surface area contributed by atoms with Gasteiger partial charge in [0.1, 0.15) is 29.5 Å². The van der Waals surface area contributed by atoms with E-state index < -0.39 is 72.0 Å². The first-order valence-electron chi connectivity index (χ1n) is 12.3. The number of Topliss-reactive ketones (excluding diaryl/α,β-unsaturated/α-hetero) is 1. The molecule has 0 spiro atoms. The van der Waals surface area contributed by atoms with Gasteiger partial charge in [-0.15, -0.1) is 0 Å². The van der Waals surface area contributed by atoms with E-state index in [4.69, 9.17) is 19.9 Å². The second kappa shape index (κ2) is 9.44. The number of nitrogens with two attached hydrogens (primary N) is 1. The predicted molar refractivity (Wildman–Crippen MR) is 130 cm³/mol. The van der Waals surface area contributed by atoms with Gasteiger partial charge >= 0.3 is 0 Å². The zero-order valence-electron chi connectivity index (χ0n) is 20.9. The van der Waals surface area contributed by atoms with Gasteiger partial charge in [0.25, 0.3) is 0 Å². The molecule has 2 aromatic carbocycles. The molecule has 0 radical (unpaired) electrons. The number of aliphatic hydroxyl groups is 2. The molecule has 11 nitrogen and oxygen atoms in total. The average Bonchev–Trinajstić information content (AvgIpc) is 2.90. The summed E-state index contributed by atoms with van der Waals surface area (Å²) in [6.45, 7) is 1.11. The molecular formula is C27H29NO10. The fourth-order valence-electron chi connectivity index (χ4n) is 5.56. The SMILES string of the molecule is COc1cccc2c1C(=O)c1c(O)c3c(c(O)c1C2=O)CC(O)(C(=O)COC1CC(N)C(O)C(C)O1)CC3. The molecule has 2 aromatic rings. The van der Waals surface area contributed by atoms with E-state index in [1.54, 1.807) is 6.92 Å². The predicted octanol–water partition coefficient (Wildman–Crippen LogP) is 0.510. The van der Waals surface area contributed by atoms with Gasteiger partial charge in [-0.3, -0.25) is 14.4 Å². The molecule has 202 valence electrons. The Labute approximate surface area is 217 Å². The number of fused-ring (bicyclic) bond motifs is 3. The summed E-state index contributed by atoms with van der Waals surface area (Å²) < 4.78 is 16.3. The van der Waals surface area contributed by atoms with Gasteiger partial charge in [0, 0.05) is 35.6 Å². The maximum Gasteiger partial charge on any atom is 0.202 e. The summed E-state index contributed by atoms with van der Waals surface area (Å²) in [6.07, 6.45) is -2.72. The number of benzene rings is 2. The highest BCUT2D eigenvalue weighted by atomic mass is 16.7. The molecule has 0 saturated carbocycles. The largest absolute Gasteiger partial charge is 0.507 e. The van der Waals surface area contributed by atoms with Crippen LogP contribution in [0, 0.1) is 0 Å². The van der Waals surface area contributed by atoms with Crippen molar-refractivity contribution in [1.29, 1.82) is 0 Å². The minimum absolute atomic E-state index is 0.00622. The molecular weight excluding hydrogens is 498 g/mol. The number of hydrogen-bond donors (Lipinski definition) is 5. The summed E-state index contributed by atoms with van der Waals surface area (Å²) in [7, 11) is 1.35. The zero-order chi connectivity index (χ0) is 27.5. The Morgan fingerprint density at radius 2 is 1.82 bits per heavy atom. The Morgan fingerprint density at radius 1 is 1.13 bits per heavy atom. The molecule has 5 unspecified atom stereocenters. The van der Waals surface area contributed by atoms with E-state index in [1.165, 1.54) is 25.3 Å². The monoisotopic (exact) mass is 527 g/mol. The van der Waals surface area contributed by atoms with E-state index in [1.807, 2.05) is 0 Å². The summed E-state index contributed by atoms with van der Waals surface area (Å²) in [6, 6.07) is 3.88. The zero-order valence-corrected chi connectivity index (χ0v) is 20.9. The molecule has 11 heteroatoms. The normalized spacial score (nSPS) is 28.3. The highest BCUT2D eigenvalue weighted by Crippen LogP contribution is 2.48. The van der Waals surface area contributed by atoms with Crippen LogP contribution in [0.25, 0.3) is 0 Å². The van der Waals surface area contributed by atoms with Gasteiger partial charge in [0.15, 0.2) is 17.9 Å². The molecule has 0 bridgehead atoms. The van der Waals surface area contributed by atoms with Gasteiger partial charge in [0.2, 0.25) is 5.78 Å². The van der Waals surface area contributed by atoms with Crippen LogP contribution in [0.2, 0.25) is 0 Å². The highest BCUT2D eigenvalue weighted by Gasteiger charge is 2.46. The van der Waals surface area contributed by atoms with Gasteiger partial charge in [-0.05, 0) is 25.8 Å². The molecule has 1 fully saturated rings. The molecule has 1 aliphatic heterocycles. The van der Waals surface area contributed by atoms with Crippen molar-refractivity contribution in [3.8, 4) is 17.2 Å². The third kappa shape index (κ3) is 3.98. The van der Waals surface area contributed by atoms with Gasteiger partial charge in [-0.1, -0.05) is 12.1 Å². The summed E-state index contributed by atoms with van der Waals surface area (Å²) >= 11 is 0. The fraction of sp³-hybridized carbons (Fsp3) is 0.444. The molecule has 3 aliphatic rings.